The van der Waals surface area contributed by atoms with Crippen LogP contribution in [0.3, 0.4) is 0 Å². The first-order valence-electron chi connectivity index (χ1n) is 15.5. The van der Waals surface area contributed by atoms with Gasteiger partial charge in [0.15, 0.2) is 11.6 Å². The van der Waals surface area contributed by atoms with Crippen molar-refractivity contribution in [1.29, 1.82) is 0 Å². The third-order valence-corrected chi connectivity index (χ3v) is 10.2. The predicted octanol–water partition coefficient (Wildman–Crippen LogP) is 6.85. The van der Waals surface area contributed by atoms with Gasteiger partial charge in [0.05, 0.1) is 40.5 Å². The molecule has 11 heteroatoms. The number of nitrogens with zero attached hydrogens (tertiary/aromatic N) is 4. The number of aromatic hydroxyl groups is 1. The van der Waals surface area contributed by atoms with Gasteiger partial charge in [-0.2, -0.15) is 10.2 Å². The molecule has 3 aromatic rings. The van der Waals surface area contributed by atoms with Gasteiger partial charge in [-0.05, 0) is 89.3 Å². The number of phenols is 1. The van der Waals surface area contributed by atoms with Crippen molar-refractivity contribution >= 4 is 62.1 Å². The SMILES string of the molecule is COc1ccc([C@H]2C3=CC[C@@H]4C(=O)N(c5ccc(N=Nc6ccc(N(C)C)cc6)cc5)C(=O)[C@@H]4[C@@H]3CC3=C2C(=O)C=C(Br)C3=O)c(O)c1. The highest BCUT2D eigenvalue weighted by molar-refractivity contribution is 9.12. The van der Waals surface area contributed by atoms with E-state index in [4.69, 9.17) is 4.74 Å². The summed E-state index contributed by atoms with van der Waals surface area (Å²) in [6.45, 7) is 0. The van der Waals surface area contributed by atoms with Gasteiger partial charge < -0.3 is 14.7 Å². The number of imide groups is 1. The van der Waals surface area contributed by atoms with E-state index in [1.54, 1.807) is 36.4 Å². The quantitative estimate of drug-likeness (QED) is 0.129. The molecule has 3 aromatic carbocycles. The van der Waals surface area contributed by atoms with Crippen LogP contribution in [0.4, 0.5) is 22.7 Å². The smallest absolute Gasteiger partial charge is 0.238 e. The second kappa shape index (κ2) is 12.1. The molecule has 1 saturated heterocycles. The second-order valence-electron chi connectivity index (χ2n) is 12.5. The summed E-state index contributed by atoms with van der Waals surface area (Å²) >= 11 is 3.24. The first kappa shape index (κ1) is 31.4. The van der Waals surface area contributed by atoms with Crippen LogP contribution in [0.2, 0.25) is 0 Å². The normalized spacial score (nSPS) is 23.5. The fourth-order valence-corrected chi connectivity index (χ4v) is 7.76. The molecule has 0 radical (unpaired) electrons. The lowest BCUT2D eigenvalue weighted by Crippen LogP contribution is -2.39. The van der Waals surface area contributed by atoms with Crippen LogP contribution in [0.15, 0.2) is 110 Å². The molecule has 10 nitrogen and oxygen atoms in total. The molecule has 48 heavy (non-hydrogen) atoms. The van der Waals surface area contributed by atoms with E-state index >= 15 is 0 Å². The van der Waals surface area contributed by atoms with E-state index in [-0.39, 0.29) is 52.0 Å². The molecule has 2 amide bonds. The minimum Gasteiger partial charge on any atom is -0.507 e. The number of phenolic OH excluding ortho intramolecular Hbond substituents is 1. The van der Waals surface area contributed by atoms with Gasteiger partial charge in [-0.1, -0.05) is 17.7 Å². The molecular formula is C37H31BrN4O6. The van der Waals surface area contributed by atoms with Gasteiger partial charge in [0.2, 0.25) is 11.8 Å². The number of anilines is 2. The zero-order chi connectivity index (χ0) is 33.9. The third-order valence-electron chi connectivity index (χ3n) is 9.63. The Balaban J connectivity index is 1.20. The summed E-state index contributed by atoms with van der Waals surface area (Å²) in [4.78, 5) is 58.2. The molecule has 0 saturated carbocycles. The van der Waals surface area contributed by atoms with E-state index in [2.05, 4.69) is 26.2 Å². The van der Waals surface area contributed by atoms with Crippen LogP contribution >= 0.6 is 15.9 Å². The maximum Gasteiger partial charge on any atom is 0.238 e. The lowest BCUT2D eigenvalue weighted by Gasteiger charge is -2.42. The van der Waals surface area contributed by atoms with Gasteiger partial charge in [0.25, 0.3) is 0 Å². The lowest BCUT2D eigenvalue weighted by atomic mass is 9.59. The Bertz CT molecular complexity index is 2010. The molecule has 0 bridgehead atoms. The van der Waals surface area contributed by atoms with Gasteiger partial charge in [-0.25, -0.2) is 0 Å². The zero-order valence-electron chi connectivity index (χ0n) is 26.4. The van der Waals surface area contributed by atoms with Crippen LogP contribution in [0, 0.1) is 17.8 Å². The van der Waals surface area contributed by atoms with E-state index < -0.39 is 23.7 Å². The number of rotatable bonds is 6. The van der Waals surface area contributed by atoms with E-state index in [9.17, 15) is 24.3 Å². The number of hydrogen-bond acceptors (Lipinski definition) is 9. The van der Waals surface area contributed by atoms with E-state index in [0.29, 0.717) is 33.9 Å². The van der Waals surface area contributed by atoms with Gasteiger partial charge in [0.1, 0.15) is 11.5 Å². The van der Waals surface area contributed by atoms with Crippen LogP contribution in [0.1, 0.15) is 24.3 Å². The van der Waals surface area contributed by atoms with Crippen LogP contribution < -0.4 is 14.5 Å². The summed E-state index contributed by atoms with van der Waals surface area (Å²) in [5.41, 5.74) is 4.48. The van der Waals surface area contributed by atoms with Crippen LogP contribution in [-0.4, -0.2) is 49.7 Å². The molecule has 242 valence electrons. The largest absolute Gasteiger partial charge is 0.507 e. The third kappa shape index (κ3) is 5.18. The topological polar surface area (TPSA) is 129 Å². The average molecular weight is 708 g/mol. The number of azo groups is 1. The summed E-state index contributed by atoms with van der Waals surface area (Å²) in [6, 6.07) is 19.2. The monoisotopic (exact) mass is 706 g/mol. The Morgan fingerprint density at radius 3 is 2.19 bits per heavy atom. The Morgan fingerprint density at radius 2 is 1.56 bits per heavy atom. The first-order chi connectivity index (χ1) is 23.1. The summed E-state index contributed by atoms with van der Waals surface area (Å²) in [7, 11) is 5.41. The number of ether oxygens (including phenoxy) is 1. The first-order valence-corrected chi connectivity index (χ1v) is 16.3. The Kier molecular flexibility index (Phi) is 7.95. The number of amides is 2. The number of benzene rings is 3. The molecule has 0 spiro atoms. The fraction of sp³-hybridized carbons (Fsp3) is 0.243. The van der Waals surface area contributed by atoms with Crippen molar-refractivity contribution in [3.05, 3.63) is 106 Å². The van der Waals surface area contributed by atoms with Crippen LogP contribution in [-0.2, 0) is 19.2 Å². The molecule has 1 fully saturated rings. The Morgan fingerprint density at radius 1 is 0.896 bits per heavy atom. The van der Waals surface area contributed by atoms with Crippen LogP contribution in [0.5, 0.6) is 11.5 Å². The predicted molar refractivity (Wildman–Crippen MR) is 183 cm³/mol. The highest BCUT2D eigenvalue weighted by Gasteiger charge is 2.56. The van der Waals surface area contributed by atoms with Crippen molar-refractivity contribution in [2.75, 3.05) is 31.0 Å². The van der Waals surface area contributed by atoms with Crippen molar-refractivity contribution in [3.63, 3.8) is 0 Å². The number of carbonyl (C=O) groups excluding carboxylic acids is 4. The van der Waals surface area contributed by atoms with Crippen molar-refractivity contribution in [2.45, 2.75) is 18.8 Å². The Hall–Kier alpha value is -5.16. The molecule has 1 N–H and O–H groups in total. The molecule has 4 atom stereocenters. The number of ketones is 2. The number of Topliss-reactive ketones (excluding diaryl/α,β-unsaturated/α-hetero) is 1. The maximum atomic E-state index is 14.2. The summed E-state index contributed by atoms with van der Waals surface area (Å²) in [5.74, 6) is -3.68. The highest BCUT2D eigenvalue weighted by Crippen LogP contribution is 2.56. The molecule has 4 aliphatic rings. The molecule has 1 heterocycles. The summed E-state index contributed by atoms with van der Waals surface area (Å²) in [5, 5.41) is 19.7. The number of halogens is 1. The fourth-order valence-electron chi connectivity index (χ4n) is 7.31. The number of hydrogen-bond donors (Lipinski definition) is 1. The summed E-state index contributed by atoms with van der Waals surface area (Å²) < 4.78 is 5.41. The minimum absolute atomic E-state index is 0.0954. The Labute approximate surface area is 285 Å². The standard InChI is InChI=1S/C37H31BrN4O6/c1-41(2)21-8-4-19(5-9-21)39-40-20-6-10-22(11-7-20)42-36(46)26-15-14-24-27(33(26)37(42)47)17-28-34(31(44)18-29(38)35(28)45)32(24)25-13-12-23(48-3)16-30(25)43/h4-14,16,18,26-27,32-33,43H,15,17H2,1-3H3/t26-,27+,32+,33-/m0/s1. The molecule has 3 aliphatic carbocycles. The molecule has 7 rings (SSSR count). The van der Waals surface area contributed by atoms with Gasteiger partial charge in [-0.3, -0.25) is 24.1 Å². The molecule has 0 aromatic heterocycles. The number of allylic oxidation sites excluding steroid dienone is 6. The number of fused-ring (bicyclic) bond motifs is 3. The van der Waals surface area contributed by atoms with Crippen molar-refractivity contribution in [3.8, 4) is 11.5 Å². The van der Waals surface area contributed by atoms with E-state index in [1.807, 2.05) is 49.3 Å². The minimum atomic E-state index is -0.764. The van der Waals surface area contributed by atoms with Crippen molar-refractivity contribution in [2.24, 2.45) is 28.0 Å². The second-order valence-corrected chi connectivity index (χ2v) is 13.3. The van der Waals surface area contributed by atoms with Crippen LogP contribution in [0.25, 0.3) is 0 Å². The summed E-state index contributed by atoms with van der Waals surface area (Å²) in [6.07, 6.45) is 3.59. The van der Waals surface area contributed by atoms with E-state index in [1.165, 1.54) is 24.2 Å². The number of methoxy groups -OCH3 is 1. The van der Waals surface area contributed by atoms with Gasteiger partial charge in [-0.15, -0.1) is 0 Å². The zero-order valence-corrected chi connectivity index (χ0v) is 28.0. The van der Waals surface area contributed by atoms with Gasteiger partial charge >= 0.3 is 0 Å². The van der Waals surface area contributed by atoms with Crippen molar-refractivity contribution < 1.29 is 29.0 Å². The average Bonchev–Trinajstić information content (AvgIpc) is 3.35. The number of carbonyl (C=O) groups is 4. The molecule has 1 aliphatic heterocycles. The lowest BCUT2D eigenvalue weighted by molar-refractivity contribution is -0.123. The van der Waals surface area contributed by atoms with Gasteiger partial charge in [0, 0.05) is 54.6 Å². The molecular weight excluding hydrogens is 676 g/mol. The van der Waals surface area contributed by atoms with Crippen molar-refractivity contribution in [1.82, 2.24) is 0 Å². The highest BCUT2D eigenvalue weighted by atomic mass is 79.9. The van der Waals surface area contributed by atoms with E-state index in [0.717, 1.165) is 11.3 Å². The molecule has 0 unspecified atom stereocenters. The maximum absolute atomic E-state index is 14.2.